The van der Waals surface area contributed by atoms with Crippen LogP contribution < -0.4 is 0 Å². The summed E-state index contributed by atoms with van der Waals surface area (Å²) in [5, 5.41) is 8.90. The van der Waals surface area contributed by atoms with E-state index in [-0.39, 0.29) is 23.3 Å². The molecule has 0 fully saturated rings. The van der Waals surface area contributed by atoms with Crippen molar-refractivity contribution >= 4 is 31.2 Å². The molecule has 0 bridgehead atoms. The van der Waals surface area contributed by atoms with E-state index >= 15 is 0 Å². The Morgan fingerprint density at radius 2 is 2.20 bits per heavy atom. The minimum absolute atomic E-state index is 0.120. The highest BCUT2D eigenvalue weighted by molar-refractivity contribution is 6.32. The van der Waals surface area contributed by atoms with Crippen molar-refractivity contribution in [1.82, 2.24) is 4.98 Å². The molecule has 1 aromatic heterocycles. The van der Waals surface area contributed by atoms with Crippen LogP contribution in [0.15, 0.2) is 18.3 Å². The van der Waals surface area contributed by atoms with Gasteiger partial charge in [-0.3, -0.25) is 9.59 Å². The van der Waals surface area contributed by atoms with E-state index in [2.05, 4.69) is 4.98 Å². The highest BCUT2D eigenvalue weighted by atomic mass is 35.5. The van der Waals surface area contributed by atoms with Crippen molar-refractivity contribution in [1.29, 1.82) is 0 Å². The number of carboxylic acid groups (broad SMARTS) is 1. The lowest BCUT2D eigenvalue weighted by atomic mass is 9.75. The molecule has 2 radical (unpaired) electrons. The second kappa shape index (κ2) is 8.05. The molecule has 1 N–H and O–H groups in total. The summed E-state index contributed by atoms with van der Waals surface area (Å²) in [6.07, 6.45) is 3.17. The number of aliphatic carboxylic acids is 1. The smallest absolute Gasteiger partial charge is 0.302 e. The predicted octanol–water partition coefficient (Wildman–Crippen LogP) is 3.16. The summed E-state index contributed by atoms with van der Waals surface area (Å²) in [7, 11) is 5.78. The summed E-state index contributed by atoms with van der Waals surface area (Å²) < 4.78 is 0. The quantitative estimate of drug-likeness (QED) is 0.454. The fraction of sp³-hybridized carbons (Fsp3) is 0.500. The molecule has 0 spiro atoms. The third-order valence-corrected chi connectivity index (χ3v) is 3.36. The lowest BCUT2D eigenvalue weighted by Crippen LogP contribution is -2.19. The van der Waals surface area contributed by atoms with Gasteiger partial charge in [-0.05, 0) is 25.0 Å². The minimum atomic E-state index is -0.959. The Bertz CT molecular complexity index is 481. The van der Waals surface area contributed by atoms with Crippen LogP contribution in [0.2, 0.25) is 11.0 Å². The number of carbonyl (C=O) groups excluding carboxylic acids is 1. The van der Waals surface area contributed by atoms with Gasteiger partial charge in [0.05, 0.1) is 13.4 Å². The highest BCUT2D eigenvalue weighted by Crippen LogP contribution is 2.27. The third-order valence-electron chi connectivity index (χ3n) is 3.06. The van der Waals surface area contributed by atoms with Crippen LogP contribution in [0.5, 0.6) is 0 Å². The van der Waals surface area contributed by atoms with Crippen LogP contribution in [-0.2, 0) is 4.79 Å². The molecule has 1 aromatic rings. The number of pyridine rings is 1. The van der Waals surface area contributed by atoms with E-state index in [0.29, 0.717) is 18.4 Å². The number of nitrogens with zero attached hydrogens (tertiary/aromatic N) is 1. The molecule has 6 heteroatoms. The van der Waals surface area contributed by atoms with E-state index < -0.39 is 11.8 Å². The largest absolute Gasteiger partial charge is 0.481 e. The Morgan fingerprint density at radius 1 is 1.50 bits per heavy atom. The first kappa shape index (κ1) is 16.7. The lowest BCUT2D eigenvalue weighted by molar-refractivity contribution is -0.137. The molecule has 4 nitrogen and oxygen atoms in total. The Kier molecular flexibility index (Phi) is 6.72. The summed E-state index contributed by atoms with van der Waals surface area (Å²) in [5.41, 5.74) is 0.371. The molecule has 20 heavy (non-hydrogen) atoms. The van der Waals surface area contributed by atoms with Gasteiger partial charge in [-0.2, -0.15) is 0 Å². The topological polar surface area (TPSA) is 67.3 Å². The first-order valence-electron chi connectivity index (χ1n) is 6.57. The number of Topliss-reactive ketones (excluding diaryl/α,β-unsaturated/α-hetero) is 1. The van der Waals surface area contributed by atoms with Gasteiger partial charge in [-0.25, -0.2) is 4.98 Å². The predicted molar refractivity (Wildman–Crippen MR) is 78.3 cm³/mol. The third kappa shape index (κ3) is 4.97. The Morgan fingerprint density at radius 3 is 2.75 bits per heavy atom. The second-order valence-electron chi connectivity index (χ2n) is 4.79. The standard InChI is InChI=1S/C14H17BClNO3/c1-2-4-9(7-10(15)8-12(18)19)13(20)11-5-3-6-17-14(11)16/h3,5-6,9-10H,2,4,7-8H2,1H3,(H,18,19)/t9?,10-/m0/s1. The fourth-order valence-corrected chi connectivity index (χ4v) is 2.38. The van der Waals surface area contributed by atoms with Crippen LogP contribution in [0.3, 0.4) is 0 Å². The lowest BCUT2D eigenvalue weighted by Gasteiger charge is -2.19. The average molecular weight is 294 g/mol. The molecule has 106 valence electrons. The monoisotopic (exact) mass is 293 g/mol. The zero-order valence-electron chi connectivity index (χ0n) is 11.4. The molecule has 0 aliphatic heterocycles. The van der Waals surface area contributed by atoms with E-state index in [0.717, 1.165) is 6.42 Å². The molecule has 0 saturated carbocycles. The SMILES string of the molecule is [B][C@H](CC(=O)O)CC(CCC)C(=O)c1cccnc1Cl. The van der Waals surface area contributed by atoms with Crippen LogP contribution in [-0.4, -0.2) is 29.7 Å². The van der Waals surface area contributed by atoms with Gasteiger partial charge >= 0.3 is 5.97 Å². The van der Waals surface area contributed by atoms with Gasteiger partial charge in [0.15, 0.2) is 5.78 Å². The van der Waals surface area contributed by atoms with Crippen molar-refractivity contribution in [3.8, 4) is 0 Å². The highest BCUT2D eigenvalue weighted by Gasteiger charge is 2.24. The summed E-state index contributed by atoms with van der Waals surface area (Å²) in [6, 6.07) is 3.28. The maximum atomic E-state index is 12.4. The van der Waals surface area contributed by atoms with Gasteiger partial charge in [-0.15, -0.1) is 0 Å². The molecule has 2 atom stereocenters. The maximum Gasteiger partial charge on any atom is 0.302 e. The fourth-order valence-electron chi connectivity index (χ4n) is 2.17. The van der Waals surface area contributed by atoms with Gasteiger partial charge in [-0.1, -0.05) is 30.8 Å². The van der Waals surface area contributed by atoms with Crippen molar-refractivity contribution in [2.75, 3.05) is 0 Å². The number of aromatic nitrogens is 1. The summed E-state index contributed by atoms with van der Waals surface area (Å²) in [5.74, 6) is -1.94. The molecule has 0 aliphatic rings. The molecular formula is C14H17BClNO3. The number of rotatable bonds is 8. The summed E-state index contributed by atoms with van der Waals surface area (Å²) in [4.78, 5) is 27.0. The second-order valence-corrected chi connectivity index (χ2v) is 5.14. The molecular weight excluding hydrogens is 276 g/mol. The number of carbonyl (C=O) groups is 2. The van der Waals surface area contributed by atoms with Gasteiger partial charge in [0.25, 0.3) is 0 Å². The van der Waals surface area contributed by atoms with Crippen molar-refractivity contribution in [3.63, 3.8) is 0 Å². The van der Waals surface area contributed by atoms with E-state index in [9.17, 15) is 9.59 Å². The first-order chi connectivity index (χ1) is 9.45. The first-order valence-corrected chi connectivity index (χ1v) is 6.95. The zero-order valence-corrected chi connectivity index (χ0v) is 12.1. The van der Waals surface area contributed by atoms with Crippen LogP contribution in [0.25, 0.3) is 0 Å². The molecule has 0 aliphatic carbocycles. The molecule has 0 amide bonds. The van der Waals surface area contributed by atoms with Gasteiger partial charge < -0.3 is 5.11 Å². The van der Waals surface area contributed by atoms with Gasteiger partial charge in [0.1, 0.15) is 5.15 Å². The zero-order chi connectivity index (χ0) is 15.1. The number of halogens is 1. The van der Waals surface area contributed by atoms with E-state index in [1.54, 1.807) is 12.1 Å². The number of hydrogen-bond acceptors (Lipinski definition) is 3. The van der Waals surface area contributed by atoms with Gasteiger partial charge in [0.2, 0.25) is 0 Å². The number of ketones is 1. The molecule has 1 rings (SSSR count). The van der Waals surface area contributed by atoms with E-state index in [1.165, 1.54) is 6.20 Å². The minimum Gasteiger partial charge on any atom is -0.481 e. The average Bonchev–Trinajstić information content (AvgIpc) is 2.37. The maximum absolute atomic E-state index is 12.4. The van der Waals surface area contributed by atoms with Crippen LogP contribution in [0, 0.1) is 5.92 Å². The van der Waals surface area contributed by atoms with Crippen molar-refractivity contribution in [2.45, 2.75) is 38.4 Å². The Hall–Kier alpha value is -1.36. The summed E-state index contributed by atoms with van der Waals surface area (Å²) >= 11 is 5.93. The normalized spacial score (nSPS) is 13.7. The van der Waals surface area contributed by atoms with E-state index in [4.69, 9.17) is 24.6 Å². The molecule has 0 aromatic carbocycles. The van der Waals surface area contributed by atoms with Crippen molar-refractivity contribution in [3.05, 3.63) is 29.0 Å². The number of carboxylic acids is 1. The molecule has 0 saturated heterocycles. The van der Waals surface area contributed by atoms with Crippen molar-refractivity contribution < 1.29 is 14.7 Å². The van der Waals surface area contributed by atoms with Gasteiger partial charge in [0, 0.05) is 18.5 Å². The Labute approximate surface area is 125 Å². The number of hydrogen-bond donors (Lipinski definition) is 1. The van der Waals surface area contributed by atoms with E-state index in [1.807, 2.05) is 6.92 Å². The van der Waals surface area contributed by atoms with Crippen LogP contribution >= 0.6 is 11.6 Å². The Balaban J connectivity index is 2.82. The van der Waals surface area contributed by atoms with Crippen LogP contribution in [0.4, 0.5) is 0 Å². The van der Waals surface area contributed by atoms with Crippen molar-refractivity contribution in [2.24, 2.45) is 5.92 Å². The molecule has 1 heterocycles. The summed E-state index contributed by atoms with van der Waals surface area (Å²) in [6.45, 7) is 1.97. The molecule has 1 unspecified atom stereocenters. The van der Waals surface area contributed by atoms with Crippen LogP contribution in [0.1, 0.15) is 43.0 Å².